The first-order valence-electron chi connectivity index (χ1n) is 5.71. The molecule has 1 aromatic carbocycles. The van der Waals surface area contributed by atoms with E-state index >= 15 is 0 Å². The van der Waals surface area contributed by atoms with Crippen LogP contribution < -0.4 is 5.32 Å². The molecule has 2 rings (SSSR count). The molecule has 2 nitrogen and oxygen atoms in total. The van der Waals surface area contributed by atoms with Crippen molar-refractivity contribution < 1.29 is 4.42 Å². The van der Waals surface area contributed by atoms with Gasteiger partial charge in [-0.05, 0) is 36.7 Å². The highest BCUT2D eigenvalue weighted by molar-refractivity contribution is 6.31. The van der Waals surface area contributed by atoms with Crippen molar-refractivity contribution in [3.8, 4) is 0 Å². The molecular weight excluding hydrogens is 234 g/mol. The molecule has 0 aliphatic carbocycles. The van der Waals surface area contributed by atoms with Gasteiger partial charge in [-0.15, -0.1) is 0 Å². The summed E-state index contributed by atoms with van der Waals surface area (Å²) >= 11 is 6.24. The molecule has 17 heavy (non-hydrogen) atoms. The number of furan rings is 1. The fourth-order valence-corrected chi connectivity index (χ4v) is 2.33. The third-order valence-electron chi connectivity index (χ3n) is 2.86. The minimum absolute atomic E-state index is 0.367. The summed E-state index contributed by atoms with van der Waals surface area (Å²) in [6, 6.07) is 10.0. The first-order chi connectivity index (χ1) is 8.31. The number of likely N-dealkylation sites (N-methyl/N-ethyl adjacent to an activating group) is 1. The number of rotatable bonds is 5. The largest absolute Gasteiger partial charge is 0.472 e. The van der Waals surface area contributed by atoms with Gasteiger partial charge in [0.15, 0.2) is 0 Å². The van der Waals surface area contributed by atoms with Crippen LogP contribution in [-0.4, -0.2) is 13.6 Å². The van der Waals surface area contributed by atoms with Gasteiger partial charge in [0.1, 0.15) is 0 Å². The Kier molecular flexibility index (Phi) is 4.24. The molecule has 1 N–H and O–H groups in total. The van der Waals surface area contributed by atoms with E-state index in [1.54, 1.807) is 12.5 Å². The van der Waals surface area contributed by atoms with Crippen LogP contribution in [-0.2, 0) is 6.42 Å². The lowest BCUT2D eigenvalue weighted by atomic mass is 9.93. The second kappa shape index (κ2) is 5.89. The summed E-state index contributed by atoms with van der Waals surface area (Å²) in [5, 5.41) is 4.05. The van der Waals surface area contributed by atoms with Gasteiger partial charge in [-0.2, -0.15) is 0 Å². The van der Waals surface area contributed by atoms with Crippen LogP contribution in [0.2, 0.25) is 5.02 Å². The first-order valence-corrected chi connectivity index (χ1v) is 6.09. The van der Waals surface area contributed by atoms with E-state index < -0.39 is 0 Å². The van der Waals surface area contributed by atoms with E-state index in [0.717, 1.165) is 18.0 Å². The Balaban J connectivity index is 2.20. The molecule has 0 aliphatic rings. The Morgan fingerprint density at radius 3 is 2.76 bits per heavy atom. The second-order valence-electron chi connectivity index (χ2n) is 4.11. The van der Waals surface area contributed by atoms with Crippen LogP contribution in [0, 0.1) is 0 Å². The van der Waals surface area contributed by atoms with Crippen LogP contribution in [0.3, 0.4) is 0 Å². The third kappa shape index (κ3) is 3.11. The zero-order valence-electron chi connectivity index (χ0n) is 9.82. The summed E-state index contributed by atoms with van der Waals surface area (Å²) in [6.07, 6.45) is 4.43. The third-order valence-corrected chi connectivity index (χ3v) is 3.20. The predicted molar refractivity (Wildman–Crippen MR) is 70.5 cm³/mol. The lowest BCUT2D eigenvalue weighted by Crippen LogP contribution is -2.19. The van der Waals surface area contributed by atoms with Gasteiger partial charge >= 0.3 is 0 Å². The topological polar surface area (TPSA) is 25.2 Å². The van der Waals surface area contributed by atoms with Gasteiger partial charge in [0.25, 0.3) is 0 Å². The number of nitrogens with one attached hydrogen (secondary N) is 1. The van der Waals surface area contributed by atoms with E-state index in [-0.39, 0.29) is 0 Å². The van der Waals surface area contributed by atoms with Crippen molar-refractivity contribution in [3.05, 3.63) is 59.0 Å². The molecule has 1 heterocycles. The monoisotopic (exact) mass is 249 g/mol. The van der Waals surface area contributed by atoms with Crippen LogP contribution in [0.4, 0.5) is 0 Å². The number of hydrogen-bond acceptors (Lipinski definition) is 2. The van der Waals surface area contributed by atoms with E-state index in [0.29, 0.717) is 5.92 Å². The molecule has 0 spiro atoms. The van der Waals surface area contributed by atoms with Crippen molar-refractivity contribution >= 4 is 11.6 Å². The van der Waals surface area contributed by atoms with E-state index in [1.165, 1.54) is 11.1 Å². The molecule has 0 bridgehead atoms. The highest BCUT2D eigenvalue weighted by Gasteiger charge is 2.14. The standard InChI is InChI=1S/C14H16ClNO/c1-16-9-12(8-11-6-7-17-10-11)13-4-2-3-5-14(13)15/h2-7,10,12,16H,8-9H2,1H3. The Bertz CT molecular complexity index is 453. The van der Waals surface area contributed by atoms with Crippen molar-refractivity contribution in [2.24, 2.45) is 0 Å². The van der Waals surface area contributed by atoms with E-state index in [4.69, 9.17) is 16.0 Å². The quantitative estimate of drug-likeness (QED) is 0.878. The molecule has 1 aromatic heterocycles. The summed E-state index contributed by atoms with van der Waals surface area (Å²) in [6.45, 7) is 0.898. The molecule has 0 amide bonds. The van der Waals surface area contributed by atoms with Crippen molar-refractivity contribution in [3.63, 3.8) is 0 Å². The maximum atomic E-state index is 6.24. The number of hydrogen-bond donors (Lipinski definition) is 1. The average Bonchev–Trinajstić information content (AvgIpc) is 2.82. The van der Waals surface area contributed by atoms with Gasteiger partial charge in [0.2, 0.25) is 0 Å². The normalized spacial score (nSPS) is 12.6. The molecule has 1 unspecified atom stereocenters. The fourth-order valence-electron chi connectivity index (χ4n) is 2.04. The van der Waals surface area contributed by atoms with Crippen molar-refractivity contribution in [2.75, 3.05) is 13.6 Å². The molecule has 0 saturated heterocycles. The van der Waals surface area contributed by atoms with Crippen LogP contribution in [0.15, 0.2) is 47.3 Å². The molecule has 2 aromatic rings. The molecule has 0 fully saturated rings. The van der Waals surface area contributed by atoms with Crippen LogP contribution in [0.5, 0.6) is 0 Å². The Hall–Kier alpha value is -1.25. The number of halogens is 1. The van der Waals surface area contributed by atoms with E-state index in [9.17, 15) is 0 Å². The molecule has 3 heteroatoms. The predicted octanol–water partition coefficient (Wildman–Crippen LogP) is 3.48. The van der Waals surface area contributed by atoms with Gasteiger partial charge in [0, 0.05) is 17.5 Å². The lowest BCUT2D eigenvalue weighted by Gasteiger charge is -2.17. The molecule has 90 valence electrons. The van der Waals surface area contributed by atoms with Gasteiger partial charge < -0.3 is 9.73 Å². The zero-order chi connectivity index (χ0) is 12.1. The number of benzene rings is 1. The van der Waals surface area contributed by atoms with Gasteiger partial charge in [0.05, 0.1) is 12.5 Å². The smallest absolute Gasteiger partial charge is 0.0934 e. The summed E-state index contributed by atoms with van der Waals surface area (Å²) in [7, 11) is 1.96. The molecular formula is C14H16ClNO. The summed E-state index contributed by atoms with van der Waals surface area (Å²) in [5.74, 6) is 0.367. The molecule has 1 atom stereocenters. The highest BCUT2D eigenvalue weighted by Crippen LogP contribution is 2.27. The summed E-state index contributed by atoms with van der Waals surface area (Å²) in [5.41, 5.74) is 2.38. The maximum Gasteiger partial charge on any atom is 0.0934 e. The van der Waals surface area contributed by atoms with E-state index in [1.807, 2.05) is 31.3 Å². The van der Waals surface area contributed by atoms with Crippen LogP contribution in [0.25, 0.3) is 0 Å². The zero-order valence-corrected chi connectivity index (χ0v) is 10.6. The average molecular weight is 250 g/mol. The lowest BCUT2D eigenvalue weighted by molar-refractivity contribution is 0.558. The highest BCUT2D eigenvalue weighted by atomic mass is 35.5. The van der Waals surface area contributed by atoms with Crippen LogP contribution >= 0.6 is 11.6 Å². The minimum Gasteiger partial charge on any atom is -0.472 e. The molecule has 0 aliphatic heterocycles. The maximum absolute atomic E-state index is 6.24. The van der Waals surface area contributed by atoms with Gasteiger partial charge in [-0.3, -0.25) is 0 Å². The Labute approximate surface area is 107 Å². The van der Waals surface area contributed by atoms with Crippen molar-refractivity contribution in [1.82, 2.24) is 5.32 Å². The Morgan fingerprint density at radius 2 is 2.12 bits per heavy atom. The van der Waals surface area contributed by atoms with Gasteiger partial charge in [-0.25, -0.2) is 0 Å². The fraction of sp³-hybridized carbons (Fsp3) is 0.286. The van der Waals surface area contributed by atoms with E-state index in [2.05, 4.69) is 11.4 Å². The minimum atomic E-state index is 0.367. The second-order valence-corrected chi connectivity index (χ2v) is 4.52. The molecule has 0 saturated carbocycles. The summed E-state index contributed by atoms with van der Waals surface area (Å²) < 4.78 is 5.11. The van der Waals surface area contributed by atoms with Crippen molar-refractivity contribution in [2.45, 2.75) is 12.3 Å². The molecule has 0 radical (unpaired) electrons. The first kappa shape index (κ1) is 12.2. The van der Waals surface area contributed by atoms with Crippen LogP contribution in [0.1, 0.15) is 17.0 Å². The van der Waals surface area contributed by atoms with Crippen molar-refractivity contribution in [1.29, 1.82) is 0 Å². The summed E-state index contributed by atoms with van der Waals surface area (Å²) in [4.78, 5) is 0. The van der Waals surface area contributed by atoms with Gasteiger partial charge in [-0.1, -0.05) is 29.8 Å². The Morgan fingerprint density at radius 1 is 1.29 bits per heavy atom. The SMILES string of the molecule is CNCC(Cc1ccoc1)c1ccccc1Cl.